The lowest BCUT2D eigenvalue weighted by atomic mass is 9.91. The zero-order valence-corrected chi connectivity index (χ0v) is 18.7. The van der Waals surface area contributed by atoms with Gasteiger partial charge in [-0.15, -0.1) is 0 Å². The number of aromatic nitrogens is 5. The second kappa shape index (κ2) is 9.83. The van der Waals surface area contributed by atoms with Crippen molar-refractivity contribution in [2.24, 2.45) is 0 Å². The lowest BCUT2D eigenvalue weighted by Crippen LogP contribution is -2.28. The third kappa shape index (κ3) is 5.38. The third-order valence-corrected chi connectivity index (χ3v) is 5.84. The molecule has 1 aliphatic rings. The number of nitrogens with one attached hydrogen (secondary N) is 2. The van der Waals surface area contributed by atoms with Crippen LogP contribution in [-0.2, 0) is 6.42 Å². The number of nitrogens with zero attached hydrogens (tertiary/aromatic N) is 5. The lowest BCUT2D eigenvalue weighted by Gasteiger charge is -2.23. The predicted octanol–water partition coefficient (Wildman–Crippen LogP) is 4.44. The minimum absolute atomic E-state index is 0.575. The van der Waals surface area contributed by atoms with Gasteiger partial charge >= 0.3 is 0 Å². The van der Waals surface area contributed by atoms with E-state index < -0.39 is 0 Å². The summed E-state index contributed by atoms with van der Waals surface area (Å²) < 4.78 is 0. The number of rotatable bonds is 6. The summed E-state index contributed by atoms with van der Waals surface area (Å²) in [4.78, 5) is 22.6. The van der Waals surface area contributed by atoms with Crippen molar-refractivity contribution in [3.63, 3.8) is 0 Å². The van der Waals surface area contributed by atoms with Crippen molar-refractivity contribution in [2.75, 3.05) is 18.4 Å². The molecule has 3 aromatic heterocycles. The van der Waals surface area contributed by atoms with Crippen molar-refractivity contribution in [1.29, 1.82) is 0 Å². The molecule has 1 atom stereocenters. The maximum Gasteiger partial charge on any atom is 0.180 e. The third-order valence-electron chi connectivity index (χ3n) is 5.84. The van der Waals surface area contributed by atoms with Gasteiger partial charge < -0.3 is 10.6 Å². The van der Waals surface area contributed by atoms with Crippen molar-refractivity contribution >= 4 is 11.6 Å². The monoisotopic (exact) mass is 437 g/mol. The summed E-state index contributed by atoms with van der Waals surface area (Å²) in [5, 5.41) is 6.76. The first-order chi connectivity index (χ1) is 16.2. The number of benzene rings is 1. The molecule has 0 amide bonds. The molecule has 1 aliphatic heterocycles. The van der Waals surface area contributed by atoms with Crippen LogP contribution in [0.5, 0.6) is 0 Å². The maximum atomic E-state index is 4.68. The van der Waals surface area contributed by atoms with E-state index in [1.54, 1.807) is 12.4 Å². The van der Waals surface area contributed by atoms with Gasteiger partial charge in [0.25, 0.3) is 0 Å². The fourth-order valence-electron chi connectivity index (χ4n) is 4.13. The van der Waals surface area contributed by atoms with E-state index in [1.807, 2.05) is 37.3 Å². The van der Waals surface area contributed by atoms with Crippen molar-refractivity contribution in [3.8, 4) is 11.5 Å². The Kier molecular flexibility index (Phi) is 6.30. The quantitative estimate of drug-likeness (QED) is 0.461. The van der Waals surface area contributed by atoms with Crippen molar-refractivity contribution in [1.82, 2.24) is 30.2 Å². The van der Waals surface area contributed by atoms with E-state index in [0.29, 0.717) is 29.8 Å². The topological polar surface area (TPSA) is 88.5 Å². The molecule has 1 saturated heterocycles. The Bertz CT molecular complexity index is 1220. The number of hydrogen-bond donors (Lipinski definition) is 2. The van der Waals surface area contributed by atoms with E-state index in [4.69, 9.17) is 0 Å². The first-order valence-electron chi connectivity index (χ1n) is 11.4. The number of hydrogen-bond acceptors (Lipinski definition) is 7. The highest BCUT2D eigenvalue weighted by Gasteiger charge is 2.15. The van der Waals surface area contributed by atoms with Crippen LogP contribution in [0.3, 0.4) is 0 Å². The standard InChI is InChI=1S/C26H27N7/c1-18-4-2-6-22(30-18)26-29-15-12-24(33-26)31-23-11-14-28-25(32-23)16-19-7-9-20(10-8-19)21-5-3-13-27-17-21/h2,4,6-12,14-15,21,27H,3,5,13,16-17H2,1H3,(H,28,29,31,32,33). The van der Waals surface area contributed by atoms with Gasteiger partial charge in [-0.05, 0) is 67.6 Å². The van der Waals surface area contributed by atoms with E-state index in [9.17, 15) is 0 Å². The summed E-state index contributed by atoms with van der Waals surface area (Å²) in [5.74, 6) is 3.32. The molecular weight excluding hydrogens is 410 g/mol. The van der Waals surface area contributed by atoms with E-state index >= 15 is 0 Å². The molecular formula is C26H27N7. The van der Waals surface area contributed by atoms with Crippen LogP contribution >= 0.6 is 0 Å². The second-order valence-corrected chi connectivity index (χ2v) is 8.37. The summed E-state index contributed by atoms with van der Waals surface area (Å²) in [5.41, 5.74) is 4.28. The Balaban J connectivity index is 1.27. The lowest BCUT2D eigenvalue weighted by molar-refractivity contribution is 0.461. The Hall–Kier alpha value is -3.71. The van der Waals surface area contributed by atoms with Crippen LogP contribution in [0, 0.1) is 6.92 Å². The molecule has 33 heavy (non-hydrogen) atoms. The summed E-state index contributed by atoms with van der Waals surface area (Å²) >= 11 is 0. The molecule has 1 fully saturated rings. The van der Waals surface area contributed by atoms with Crippen LogP contribution < -0.4 is 10.6 Å². The fraction of sp³-hybridized carbons (Fsp3) is 0.269. The van der Waals surface area contributed by atoms with E-state index in [-0.39, 0.29) is 0 Å². The number of aryl methyl sites for hydroxylation is 1. The molecule has 1 aromatic carbocycles. The number of pyridine rings is 1. The minimum Gasteiger partial charge on any atom is -0.325 e. The molecule has 0 radical (unpaired) electrons. The molecule has 5 rings (SSSR count). The second-order valence-electron chi connectivity index (χ2n) is 8.37. The normalized spacial score (nSPS) is 15.8. The van der Waals surface area contributed by atoms with Gasteiger partial charge in [-0.2, -0.15) is 0 Å². The van der Waals surface area contributed by atoms with Crippen molar-refractivity contribution in [2.45, 2.75) is 32.1 Å². The first-order valence-corrected chi connectivity index (χ1v) is 11.4. The summed E-state index contributed by atoms with van der Waals surface area (Å²) in [7, 11) is 0. The van der Waals surface area contributed by atoms with E-state index in [0.717, 1.165) is 30.3 Å². The van der Waals surface area contributed by atoms with Gasteiger partial charge in [0.05, 0.1) is 0 Å². The van der Waals surface area contributed by atoms with Gasteiger partial charge in [0.15, 0.2) is 5.82 Å². The molecule has 7 heteroatoms. The van der Waals surface area contributed by atoms with Crippen molar-refractivity contribution < 1.29 is 0 Å². The molecule has 4 heterocycles. The number of anilines is 2. The summed E-state index contributed by atoms with van der Waals surface area (Å²) in [6.07, 6.45) is 6.68. The molecule has 0 bridgehead atoms. The largest absolute Gasteiger partial charge is 0.325 e. The van der Waals surface area contributed by atoms with Gasteiger partial charge in [0.1, 0.15) is 23.2 Å². The number of piperidine rings is 1. The molecule has 7 nitrogen and oxygen atoms in total. The van der Waals surface area contributed by atoms with Crippen LogP contribution in [0.25, 0.3) is 11.5 Å². The average Bonchev–Trinajstić information content (AvgIpc) is 2.85. The van der Waals surface area contributed by atoms with Crippen LogP contribution in [-0.4, -0.2) is 38.0 Å². The zero-order valence-electron chi connectivity index (χ0n) is 18.7. The van der Waals surface area contributed by atoms with Gasteiger partial charge in [0.2, 0.25) is 0 Å². The van der Waals surface area contributed by atoms with Crippen LogP contribution in [0.1, 0.15) is 41.4 Å². The first kappa shape index (κ1) is 21.2. The molecule has 0 spiro atoms. The smallest absolute Gasteiger partial charge is 0.180 e. The average molecular weight is 438 g/mol. The maximum absolute atomic E-state index is 4.68. The Morgan fingerprint density at radius 2 is 1.73 bits per heavy atom. The highest BCUT2D eigenvalue weighted by molar-refractivity contribution is 5.56. The molecule has 1 unspecified atom stereocenters. The van der Waals surface area contributed by atoms with Crippen molar-refractivity contribution in [3.05, 3.63) is 89.6 Å². The molecule has 4 aromatic rings. The Morgan fingerprint density at radius 3 is 2.52 bits per heavy atom. The van der Waals surface area contributed by atoms with Crippen LogP contribution in [0.2, 0.25) is 0 Å². The van der Waals surface area contributed by atoms with E-state index in [2.05, 4.69) is 59.8 Å². The predicted molar refractivity (Wildman–Crippen MR) is 129 cm³/mol. The summed E-state index contributed by atoms with van der Waals surface area (Å²) in [6, 6.07) is 18.4. The Morgan fingerprint density at radius 1 is 0.909 bits per heavy atom. The van der Waals surface area contributed by atoms with Crippen LogP contribution in [0.4, 0.5) is 11.6 Å². The van der Waals surface area contributed by atoms with Gasteiger partial charge in [-0.25, -0.2) is 24.9 Å². The zero-order chi connectivity index (χ0) is 22.5. The summed E-state index contributed by atoms with van der Waals surface area (Å²) in [6.45, 7) is 4.16. The molecule has 2 N–H and O–H groups in total. The molecule has 166 valence electrons. The molecule has 0 aliphatic carbocycles. The SMILES string of the molecule is Cc1cccc(-c2nccc(Nc3ccnc(Cc4ccc(C5CCCNC5)cc4)n3)n2)n1. The molecule has 0 saturated carbocycles. The Labute approximate surface area is 193 Å². The van der Waals surface area contributed by atoms with E-state index in [1.165, 1.54) is 24.0 Å². The highest BCUT2D eigenvalue weighted by atomic mass is 15.1. The van der Waals surface area contributed by atoms with Gasteiger partial charge in [-0.1, -0.05) is 30.3 Å². The fourth-order valence-corrected chi connectivity index (χ4v) is 4.13. The van der Waals surface area contributed by atoms with Gasteiger partial charge in [0, 0.05) is 31.1 Å². The minimum atomic E-state index is 0.575. The highest BCUT2D eigenvalue weighted by Crippen LogP contribution is 2.24. The van der Waals surface area contributed by atoms with Crippen LogP contribution in [0.15, 0.2) is 67.0 Å². The van der Waals surface area contributed by atoms with Gasteiger partial charge in [-0.3, -0.25) is 0 Å².